The quantitative estimate of drug-likeness (QED) is 0.924. The van der Waals surface area contributed by atoms with Crippen molar-refractivity contribution in [1.29, 1.82) is 0 Å². The lowest BCUT2D eigenvalue weighted by Crippen LogP contribution is -2.21. The van der Waals surface area contributed by atoms with Crippen LogP contribution in [0.15, 0.2) is 18.2 Å². The number of nitrogens with zero attached hydrogens (tertiary/aromatic N) is 1. The Morgan fingerprint density at radius 2 is 2.15 bits per heavy atom. The molecule has 106 valence electrons. The average Bonchev–Trinajstić information content (AvgIpc) is 2.85. The average molecular weight is 286 g/mol. The van der Waals surface area contributed by atoms with Crippen LogP contribution in [0, 0.1) is 13.8 Å². The first-order valence-electron chi connectivity index (χ1n) is 7.39. The Kier molecular flexibility index (Phi) is 3.90. The maximum Gasteiger partial charge on any atom is 0.0975 e. The lowest BCUT2D eigenvalue weighted by Gasteiger charge is -2.19. The van der Waals surface area contributed by atoms with Gasteiger partial charge < -0.3 is 5.32 Å². The van der Waals surface area contributed by atoms with E-state index in [1.54, 1.807) is 0 Å². The molecule has 0 spiro atoms. The molecule has 0 fully saturated rings. The van der Waals surface area contributed by atoms with Crippen molar-refractivity contribution in [3.63, 3.8) is 0 Å². The molecule has 1 aromatic carbocycles. The largest absolute Gasteiger partial charge is 0.312 e. The number of hydrogen-bond donors (Lipinski definition) is 1. The van der Waals surface area contributed by atoms with E-state index in [9.17, 15) is 0 Å². The van der Waals surface area contributed by atoms with E-state index in [4.69, 9.17) is 4.98 Å². The summed E-state index contributed by atoms with van der Waals surface area (Å²) in [6.07, 6.45) is 4.67. The second-order valence-corrected chi connectivity index (χ2v) is 6.91. The lowest BCUT2D eigenvalue weighted by molar-refractivity contribution is 0.489. The van der Waals surface area contributed by atoms with E-state index in [1.165, 1.54) is 51.5 Å². The number of hydrogen-bond acceptors (Lipinski definition) is 3. The first-order chi connectivity index (χ1) is 9.67. The predicted octanol–water partition coefficient (Wildman–Crippen LogP) is 3.95. The number of thiazole rings is 1. The van der Waals surface area contributed by atoms with Gasteiger partial charge in [0.2, 0.25) is 0 Å². The molecule has 1 heterocycles. The Balaban J connectivity index is 1.84. The normalized spacial score (nSPS) is 18.1. The van der Waals surface area contributed by atoms with Crippen molar-refractivity contribution >= 4 is 11.3 Å². The molecule has 1 N–H and O–H groups in total. The van der Waals surface area contributed by atoms with Gasteiger partial charge in [-0.1, -0.05) is 18.2 Å². The fraction of sp³-hybridized carbons (Fsp3) is 0.471. The molecule has 0 bridgehead atoms. The highest BCUT2D eigenvalue weighted by Gasteiger charge is 2.23. The van der Waals surface area contributed by atoms with Gasteiger partial charge in [0, 0.05) is 11.3 Å². The summed E-state index contributed by atoms with van der Waals surface area (Å²) in [5.74, 6) is 0. The van der Waals surface area contributed by atoms with Gasteiger partial charge in [-0.15, -0.1) is 11.3 Å². The number of aryl methyl sites for hydroxylation is 3. The second kappa shape index (κ2) is 5.66. The standard InChI is InChI=1S/C17H22N2S/c1-11-7-8-13(9-12(11)2)10-16-19-17-14(18-3)5-4-6-15(17)20-16/h7-9,14,18H,4-6,10H2,1-3H3. The van der Waals surface area contributed by atoms with Crippen molar-refractivity contribution in [2.24, 2.45) is 0 Å². The van der Waals surface area contributed by atoms with Crippen LogP contribution >= 0.6 is 11.3 Å². The summed E-state index contributed by atoms with van der Waals surface area (Å²) in [6.45, 7) is 4.35. The topological polar surface area (TPSA) is 24.9 Å². The van der Waals surface area contributed by atoms with E-state index in [-0.39, 0.29) is 0 Å². The van der Waals surface area contributed by atoms with E-state index in [2.05, 4.69) is 37.4 Å². The number of benzene rings is 1. The molecule has 0 radical (unpaired) electrons. The molecular weight excluding hydrogens is 264 g/mol. The summed E-state index contributed by atoms with van der Waals surface area (Å²) in [7, 11) is 2.04. The van der Waals surface area contributed by atoms with Gasteiger partial charge in [0.25, 0.3) is 0 Å². The third-order valence-corrected chi connectivity index (χ3v) is 5.40. The molecule has 1 aromatic heterocycles. The van der Waals surface area contributed by atoms with Gasteiger partial charge in [-0.25, -0.2) is 4.98 Å². The second-order valence-electron chi connectivity index (χ2n) is 5.74. The van der Waals surface area contributed by atoms with Crippen LogP contribution in [0.3, 0.4) is 0 Å². The molecule has 1 aliphatic carbocycles. The SMILES string of the molecule is CNC1CCCc2sc(Cc3ccc(C)c(C)c3)nc21. The monoisotopic (exact) mass is 286 g/mol. The van der Waals surface area contributed by atoms with Crippen molar-refractivity contribution in [3.8, 4) is 0 Å². The van der Waals surface area contributed by atoms with Crippen LogP contribution in [0.5, 0.6) is 0 Å². The molecular formula is C17H22N2S. The van der Waals surface area contributed by atoms with Gasteiger partial charge >= 0.3 is 0 Å². The predicted molar refractivity (Wildman–Crippen MR) is 85.6 cm³/mol. The van der Waals surface area contributed by atoms with Crippen LogP contribution in [-0.2, 0) is 12.8 Å². The van der Waals surface area contributed by atoms with E-state index >= 15 is 0 Å². The number of nitrogens with one attached hydrogen (secondary N) is 1. The molecule has 2 aromatic rings. The Morgan fingerprint density at radius 1 is 1.30 bits per heavy atom. The smallest absolute Gasteiger partial charge is 0.0975 e. The summed E-state index contributed by atoms with van der Waals surface area (Å²) in [6, 6.07) is 7.21. The Labute approximate surface area is 125 Å². The number of aromatic nitrogens is 1. The number of rotatable bonds is 3. The van der Waals surface area contributed by atoms with Gasteiger partial charge in [0.1, 0.15) is 0 Å². The Morgan fingerprint density at radius 3 is 2.90 bits per heavy atom. The minimum Gasteiger partial charge on any atom is -0.312 e. The van der Waals surface area contributed by atoms with Crippen LogP contribution in [-0.4, -0.2) is 12.0 Å². The summed E-state index contributed by atoms with van der Waals surface area (Å²) in [5, 5.41) is 4.66. The van der Waals surface area contributed by atoms with Gasteiger partial charge in [0.05, 0.1) is 16.7 Å². The van der Waals surface area contributed by atoms with Crippen LogP contribution in [0.25, 0.3) is 0 Å². The van der Waals surface area contributed by atoms with Crippen molar-refractivity contribution < 1.29 is 0 Å². The van der Waals surface area contributed by atoms with Crippen molar-refractivity contribution in [1.82, 2.24) is 10.3 Å². The molecule has 20 heavy (non-hydrogen) atoms. The summed E-state index contributed by atoms with van der Waals surface area (Å²) in [5.41, 5.74) is 5.42. The van der Waals surface area contributed by atoms with Gasteiger partial charge in [0.15, 0.2) is 0 Å². The lowest BCUT2D eigenvalue weighted by atomic mass is 9.98. The maximum atomic E-state index is 4.91. The molecule has 2 nitrogen and oxygen atoms in total. The molecule has 3 heteroatoms. The fourth-order valence-electron chi connectivity index (χ4n) is 2.91. The van der Waals surface area contributed by atoms with Crippen LogP contribution in [0.1, 0.15) is 51.2 Å². The molecule has 0 aliphatic heterocycles. The van der Waals surface area contributed by atoms with Crippen LogP contribution in [0.4, 0.5) is 0 Å². The maximum absolute atomic E-state index is 4.91. The van der Waals surface area contributed by atoms with E-state index in [0.717, 1.165) is 6.42 Å². The highest BCUT2D eigenvalue weighted by atomic mass is 32.1. The summed E-state index contributed by atoms with van der Waals surface area (Å²) in [4.78, 5) is 6.40. The van der Waals surface area contributed by atoms with E-state index in [1.807, 2.05) is 18.4 Å². The molecule has 1 atom stereocenters. The van der Waals surface area contributed by atoms with Crippen molar-refractivity contribution in [2.45, 2.75) is 45.6 Å². The Hall–Kier alpha value is -1.19. The fourth-order valence-corrected chi connectivity index (χ4v) is 4.12. The zero-order chi connectivity index (χ0) is 14.1. The molecule has 3 rings (SSSR count). The van der Waals surface area contributed by atoms with E-state index < -0.39 is 0 Å². The zero-order valence-corrected chi connectivity index (χ0v) is 13.3. The third-order valence-electron chi connectivity index (χ3n) is 4.27. The molecule has 0 amide bonds. The van der Waals surface area contributed by atoms with Gasteiger partial charge in [-0.2, -0.15) is 0 Å². The third kappa shape index (κ3) is 2.65. The molecule has 0 saturated heterocycles. The first kappa shape index (κ1) is 13.8. The highest BCUT2D eigenvalue weighted by Crippen LogP contribution is 2.33. The van der Waals surface area contributed by atoms with Gasteiger partial charge in [-0.05, 0) is 56.8 Å². The zero-order valence-electron chi connectivity index (χ0n) is 12.5. The minimum absolute atomic E-state index is 0.462. The minimum atomic E-state index is 0.462. The van der Waals surface area contributed by atoms with Crippen LogP contribution in [0.2, 0.25) is 0 Å². The summed E-state index contributed by atoms with van der Waals surface area (Å²) < 4.78 is 0. The van der Waals surface area contributed by atoms with Gasteiger partial charge in [-0.3, -0.25) is 0 Å². The Bertz CT molecular complexity index is 615. The first-order valence-corrected chi connectivity index (χ1v) is 8.21. The molecule has 0 saturated carbocycles. The van der Waals surface area contributed by atoms with E-state index in [0.29, 0.717) is 6.04 Å². The molecule has 1 aliphatic rings. The van der Waals surface area contributed by atoms with Crippen LogP contribution < -0.4 is 5.32 Å². The number of fused-ring (bicyclic) bond motifs is 1. The summed E-state index contributed by atoms with van der Waals surface area (Å²) >= 11 is 1.91. The highest BCUT2D eigenvalue weighted by molar-refractivity contribution is 7.11. The van der Waals surface area contributed by atoms with Crippen molar-refractivity contribution in [2.75, 3.05) is 7.05 Å². The molecule has 1 unspecified atom stereocenters. The van der Waals surface area contributed by atoms with Crippen molar-refractivity contribution in [3.05, 3.63) is 50.5 Å².